The lowest BCUT2D eigenvalue weighted by Gasteiger charge is -2.28. The van der Waals surface area contributed by atoms with Crippen LogP contribution < -0.4 is 4.90 Å². The number of amides is 1. The average molecular weight is 306 g/mol. The Morgan fingerprint density at radius 1 is 1.29 bits per heavy atom. The zero-order chi connectivity index (χ0) is 15.3. The smallest absolute Gasteiger partial charge is 0.245 e. The number of nitriles is 1. The highest BCUT2D eigenvalue weighted by Crippen LogP contribution is 2.24. The van der Waals surface area contributed by atoms with E-state index in [0.29, 0.717) is 18.5 Å². The fourth-order valence-electron chi connectivity index (χ4n) is 2.54. The number of carbonyl (C=O) groups excluding carboxylic acids is 1. The van der Waals surface area contributed by atoms with Crippen molar-refractivity contribution in [1.29, 1.82) is 5.26 Å². The lowest BCUT2D eigenvalue weighted by Crippen LogP contribution is -2.45. The van der Waals surface area contributed by atoms with Crippen molar-refractivity contribution < 1.29 is 13.2 Å². The van der Waals surface area contributed by atoms with E-state index in [0.717, 1.165) is 6.42 Å². The lowest BCUT2D eigenvalue weighted by molar-refractivity contribution is -0.118. The van der Waals surface area contributed by atoms with Gasteiger partial charge in [0.05, 0.1) is 18.2 Å². The van der Waals surface area contributed by atoms with E-state index in [-0.39, 0.29) is 18.7 Å². The fraction of sp³-hybridized carbons (Fsp3) is 0.467. The molecule has 112 valence electrons. The summed E-state index contributed by atoms with van der Waals surface area (Å²) in [6.07, 6.45) is 1.91. The molecule has 1 saturated heterocycles. The van der Waals surface area contributed by atoms with Gasteiger partial charge in [-0.25, -0.2) is 8.42 Å². The van der Waals surface area contributed by atoms with Gasteiger partial charge in [0.2, 0.25) is 5.91 Å². The molecule has 0 saturated carbocycles. The molecule has 6 heteroatoms. The van der Waals surface area contributed by atoms with Crippen molar-refractivity contribution in [1.82, 2.24) is 0 Å². The van der Waals surface area contributed by atoms with Gasteiger partial charge >= 0.3 is 0 Å². The highest BCUT2D eigenvalue weighted by molar-refractivity contribution is 7.92. The van der Waals surface area contributed by atoms with Crippen molar-refractivity contribution in [3.05, 3.63) is 30.3 Å². The fourth-order valence-corrected chi connectivity index (χ4v) is 4.39. The molecule has 5 nitrogen and oxygen atoms in total. The molecule has 1 heterocycles. The van der Waals surface area contributed by atoms with Gasteiger partial charge in [0.25, 0.3) is 0 Å². The van der Waals surface area contributed by atoms with Gasteiger partial charge in [0, 0.05) is 12.2 Å². The van der Waals surface area contributed by atoms with Crippen LogP contribution in [0.15, 0.2) is 30.3 Å². The van der Waals surface area contributed by atoms with Gasteiger partial charge in [-0.3, -0.25) is 4.79 Å². The predicted molar refractivity (Wildman–Crippen MR) is 80.5 cm³/mol. The number of carbonyl (C=O) groups is 1. The van der Waals surface area contributed by atoms with Crippen LogP contribution in [0.1, 0.15) is 25.7 Å². The molecule has 1 aromatic rings. The summed E-state index contributed by atoms with van der Waals surface area (Å²) in [7, 11) is -3.37. The Balaban J connectivity index is 2.28. The first kappa shape index (κ1) is 15.5. The maximum Gasteiger partial charge on any atom is 0.245 e. The maximum absolute atomic E-state index is 12.7. The normalized spacial score (nSPS) is 20.4. The molecular formula is C15H18N2O3S. The molecule has 1 aliphatic rings. The number of anilines is 1. The molecule has 2 rings (SSSR count). The Morgan fingerprint density at radius 2 is 2.00 bits per heavy atom. The van der Waals surface area contributed by atoms with Crippen LogP contribution in [-0.4, -0.2) is 31.9 Å². The molecule has 0 N–H and O–H groups in total. The minimum atomic E-state index is -3.37. The van der Waals surface area contributed by atoms with E-state index in [4.69, 9.17) is 5.26 Å². The zero-order valence-corrected chi connectivity index (χ0v) is 12.6. The Hall–Kier alpha value is -1.87. The average Bonchev–Trinajstić information content (AvgIpc) is 2.48. The molecule has 0 aliphatic carbocycles. The summed E-state index contributed by atoms with van der Waals surface area (Å²) >= 11 is 0. The molecule has 1 aromatic carbocycles. The van der Waals surface area contributed by atoms with E-state index in [2.05, 4.69) is 0 Å². The van der Waals surface area contributed by atoms with Crippen molar-refractivity contribution in [3.63, 3.8) is 0 Å². The SMILES string of the molecule is N#CCCN(C(=O)C1CCCCS1(=O)=O)c1ccccc1. The van der Waals surface area contributed by atoms with Crippen molar-refractivity contribution in [3.8, 4) is 6.07 Å². The number of hydrogen-bond acceptors (Lipinski definition) is 4. The highest BCUT2D eigenvalue weighted by atomic mass is 32.2. The summed E-state index contributed by atoms with van der Waals surface area (Å²) in [5.74, 6) is -0.333. The van der Waals surface area contributed by atoms with Crippen LogP contribution in [-0.2, 0) is 14.6 Å². The van der Waals surface area contributed by atoms with E-state index >= 15 is 0 Å². The number of nitrogens with zero attached hydrogens (tertiary/aromatic N) is 2. The standard InChI is InChI=1S/C15H18N2O3S/c16-10-6-11-17(13-7-2-1-3-8-13)15(18)14-9-4-5-12-21(14,19)20/h1-3,7-8,14H,4-6,9,11-12H2. The second kappa shape index (κ2) is 6.72. The molecule has 0 aromatic heterocycles. The van der Waals surface area contributed by atoms with Crippen LogP contribution in [0.5, 0.6) is 0 Å². The topological polar surface area (TPSA) is 78.2 Å². The first-order chi connectivity index (χ1) is 10.1. The van der Waals surface area contributed by atoms with Gasteiger partial charge in [0.1, 0.15) is 5.25 Å². The summed E-state index contributed by atoms with van der Waals surface area (Å²) in [5.41, 5.74) is 0.638. The Labute approximate surface area is 125 Å². The second-order valence-corrected chi connectivity index (χ2v) is 7.39. The lowest BCUT2D eigenvalue weighted by atomic mass is 10.1. The molecular weight excluding hydrogens is 288 g/mol. The number of sulfone groups is 1. The Kier molecular flexibility index (Phi) is 4.97. The van der Waals surface area contributed by atoms with Gasteiger partial charge in [-0.15, -0.1) is 0 Å². The van der Waals surface area contributed by atoms with Crippen molar-refractivity contribution >= 4 is 21.4 Å². The van der Waals surface area contributed by atoms with Crippen LogP contribution in [0, 0.1) is 11.3 Å². The van der Waals surface area contributed by atoms with Crippen molar-refractivity contribution in [2.24, 2.45) is 0 Å². The molecule has 21 heavy (non-hydrogen) atoms. The second-order valence-electron chi connectivity index (χ2n) is 5.08. The zero-order valence-electron chi connectivity index (χ0n) is 11.7. The van der Waals surface area contributed by atoms with E-state index in [9.17, 15) is 13.2 Å². The third-order valence-electron chi connectivity index (χ3n) is 3.64. The molecule has 1 unspecified atom stereocenters. The van der Waals surface area contributed by atoms with E-state index in [1.54, 1.807) is 24.3 Å². The van der Waals surface area contributed by atoms with E-state index < -0.39 is 21.0 Å². The Bertz CT molecular complexity index is 635. The molecule has 0 spiro atoms. The first-order valence-electron chi connectivity index (χ1n) is 7.01. The summed E-state index contributed by atoms with van der Waals surface area (Å²) in [5, 5.41) is 7.78. The summed E-state index contributed by atoms with van der Waals surface area (Å²) in [6.45, 7) is 0.214. The molecule has 1 fully saturated rings. The minimum absolute atomic E-state index is 0.0737. The van der Waals surface area contributed by atoms with Crippen LogP contribution >= 0.6 is 0 Å². The third-order valence-corrected chi connectivity index (χ3v) is 5.80. The maximum atomic E-state index is 12.7. The molecule has 0 radical (unpaired) electrons. The third kappa shape index (κ3) is 3.61. The quantitative estimate of drug-likeness (QED) is 0.851. The first-order valence-corrected chi connectivity index (χ1v) is 8.73. The van der Waals surface area contributed by atoms with Gasteiger partial charge in [-0.1, -0.05) is 24.6 Å². The largest absolute Gasteiger partial charge is 0.310 e. The number of hydrogen-bond donors (Lipinski definition) is 0. The summed E-state index contributed by atoms with van der Waals surface area (Å²) < 4.78 is 24.2. The van der Waals surface area contributed by atoms with Crippen molar-refractivity contribution in [2.75, 3.05) is 17.2 Å². The minimum Gasteiger partial charge on any atom is -0.310 e. The van der Waals surface area contributed by atoms with Gasteiger partial charge in [-0.05, 0) is 25.0 Å². The molecule has 0 bridgehead atoms. The summed E-state index contributed by atoms with van der Waals surface area (Å²) in [6, 6.07) is 10.9. The molecule has 1 aliphatic heterocycles. The van der Waals surface area contributed by atoms with Crippen LogP contribution in [0.4, 0.5) is 5.69 Å². The Morgan fingerprint density at radius 3 is 2.62 bits per heavy atom. The van der Waals surface area contributed by atoms with Crippen LogP contribution in [0.2, 0.25) is 0 Å². The van der Waals surface area contributed by atoms with E-state index in [1.807, 2.05) is 12.1 Å². The van der Waals surface area contributed by atoms with Gasteiger partial charge < -0.3 is 4.90 Å². The van der Waals surface area contributed by atoms with Crippen molar-refractivity contribution in [2.45, 2.75) is 30.9 Å². The monoisotopic (exact) mass is 306 g/mol. The van der Waals surface area contributed by atoms with E-state index in [1.165, 1.54) is 4.90 Å². The number of benzene rings is 1. The predicted octanol–water partition coefficient (Wildman–Crippen LogP) is 1.90. The molecule has 1 atom stereocenters. The van der Waals surface area contributed by atoms with Gasteiger partial charge in [-0.2, -0.15) is 5.26 Å². The highest BCUT2D eigenvalue weighted by Gasteiger charge is 2.37. The summed E-state index contributed by atoms with van der Waals surface area (Å²) in [4.78, 5) is 14.1. The van der Waals surface area contributed by atoms with Gasteiger partial charge in [0.15, 0.2) is 9.84 Å². The number of rotatable bonds is 4. The van der Waals surface area contributed by atoms with Crippen LogP contribution in [0.25, 0.3) is 0 Å². The van der Waals surface area contributed by atoms with Crippen LogP contribution in [0.3, 0.4) is 0 Å². The molecule has 1 amide bonds. The number of para-hydroxylation sites is 1.